The molecule has 3 N–H and O–H groups in total. The van der Waals surface area contributed by atoms with E-state index in [9.17, 15) is 29.4 Å². The number of nitrogens with one attached hydrogen (secondary N) is 1. The highest BCUT2D eigenvalue weighted by molar-refractivity contribution is 6.00. The lowest BCUT2D eigenvalue weighted by Crippen LogP contribution is -2.67. The van der Waals surface area contributed by atoms with Crippen molar-refractivity contribution in [3.05, 3.63) is 0 Å². The molecule has 0 saturated carbocycles. The van der Waals surface area contributed by atoms with Gasteiger partial charge in [0.25, 0.3) is 0 Å². The molecule has 13 atom stereocenters. The van der Waals surface area contributed by atoms with Crippen LogP contribution in [0.5, 0.6) is 0 Å². The average Bonchev–Trinajstić information content (AvgIpc) is 3.24. The van der Waals surface area contributed by atoms with E-state index in [1.165, 1.54) is 27.9 Å². The number of fused-ring (bicyclic) bond motifs is 1. The summed E-state index contributed by atoms with van der Waals surface area (Å²) in [7, 11) is 3.37. The summed E-state index contributed by atoms with van der Waals surface area (Å²) in [6.45, 7) is 19.0. The van der Waals surface area contributed by atoms with Crippen LogP contribution in [0.1, 0.15) is 95.4 Å². The quantitative estimate of drug-likeness (QED) is 0.289. The number of cyclic esters (lactones) is 1. The number of hydrogen-bond donors (Lipinski definition) is 3. The molecule has 3 fully saturated rings. The smallest absolute Gasteiger partial charge is 0.410 e. The zero-order chi connectivity index (χ0) is 36.0. The molecule has 3 heterocycles. The van der Waals surface area contributed by atoms with Gasteiger partial charge in [0.15, 0.2) is 23.4 Å². The number of esters is 1. The highest BCUT2D eigenvalue weighted by atomic mass is 16.7. The number of carbonyl (C=O) groups is 4. The molecule has 3 aliphatic heterocycles. The summed E-state index contributed by atoms with van der Waals surface area (Å²) >= 11 is 0. The molecule has 3 rings (SSSR count). The highest BCUT2D eigenvalue weighted by Crippen LogP contribution is 2.44. The molecule has 1 amide bonds. The number of aliphatic hydroxyl groups excluding tert-OH is 1. The first kappa shape index (κ1) is 39.3. The minimum absolute atomic E-state index is 0.0241. The Morgan fingerprint density at radius 3 is 2.17 bits per heavy atom. The second kappa shape index (κ2) is 14.0. The first-order valence-electron chi connectivity index (χ1n) is 16.8. The maximum atomic E-state index is 14.1. The topological polar surface area (TPSA) is 170 Å². The van der Waals surface area contributed by atoms with Gasteiger partial charge in [0.05, 0.1) is 23.7 Å². The molecule has 13 nitrogen and oxygen atoms in total. The van der Waals surface area contributed by atoms with Crippen molar-refractivity contribution in [1.82, 2.24) is 10.2 Å². The second-order valence-corrected chi connectivity index (χ2v) is 15.3. The molecule has 0 unspecified atom stereocenters. The normalized spacial score (nSPS) is 44.3. The molecule has 0 aromatic heterocycles. The number of carbonyl (C=O) groups excluding carboxylic acids is 4. The number of nitrogens with zero attached hydrogens (tertiary/aromatic N) is 1. The van der Waals surface area contributed by atoms with Gasteiger partial charge in [-0.15, -0.1) is 0 Å². The van der Waals surface area contributed by atoms with Crippen molar-refractivity contribution in [1.29, 1.82) is 0 Å². The van der Waals surface area contributed by atoms with E-state index in [4.69, 9.17) is 23.7 Å². The summed E-state index contributed by atoms with van der Waals surface area (Å²) in [5.74, 6) is -6.11. The summed E-state index contributed by atoms with van der Waals surface area (Å²) in [5, 5.41) is 26.0. The summed E-state index contributed by atoms with van der Waals surface area (Å²) in [5.41, 5.74) is -5.70. The maximum absolute atomic E-state index is 14.1. The van der Waals surface area contributed by atoms with Crippen molar-refractivity contribution in [2.75, 3.05) is 14.2 Å². The van der Waals surface area contributed by atoms with Crippen molar-refractivity contribution in [2.45, 2.75) is 155 Å². The van der Waals surface area contributed by atoms with E-state index in [-0.39, 0.29) is 30.5 Å². The Balaban J connectivity index is 2.12. The van der Waals surface area contributed by atoms with Gasteiger partial charge in [0, 0.05) is 30.5 Å². The Hall–Kier alpha value is -2.16. The number of amides is 1. The Morgan fingerprint density at radius 1 is 1.04 bits per heavy atom. The maximum Gasteiger partial charge on any atom is 0.410 e. The molecule has 3 aliphatic rings. The molecule has 0 radical (unpaired) electrons. The third-order valence-electron chi connectivity index (χ3n) is 11.0. The molecule has 0 aliphatic carbocycles. The Bertz CT molecular complexity index is 1190. The fourth-order valence-corrected chi connectivity index (χ4v) is 7.53. The van der Waals surface area contributed by atoms with E-state index < -0.39 is 88.8 Å². The van der Waals surface area contributed by atoms with Gasteiger partial charge in [-0.25, -0.2) is 4.79 Å². The molecule has 47 heavy (non-hydrogen) atoms. The van der Waals surface area contributed by atoms with Crippen molar-refractivity contribution in [3.8, 4) is 0 Å². The largest absolute Gasteiger partial charge is 0.457 e. The number of hydrogen-bond acceptors (Lipinski definition) is 12. The summed E-state index contributed by atoms with van der Waals surface area (Å²) in [4.78, 5) is 56.4. The first-order chi connectivity index (χ1) is 21.5. The van der Waals surface area contributed by atoms with Gasteiger partial charge >= 0.3 is 12.1 Å². The lowest BCUT2D eigenvalue weighted by Gasteiger charge is -2.49. The van der Waals surface area contributed by atoms with E-state index in [1.54, 1.807) is 27.7 Å². The Labute approximate surface area is 279 Å². The molecule has 0 aromatic carbocycles. The minimum Gasteiger partial charge on any atom is -0.457 e. The molecule has 13 heteroatoms. The van der Waals surface area contributed by atoms with Gasteiger partial charge in [-0.1, -0.05) is 27.7 Å². The number of aliphatic hydroxyl groups is 2. The number of Topliss-reactive ketones (excluding diaryl/α,β-unsaturated/α-hetero) is 2. The average molecular weight is 671 g/mol. The van der Waals surface area contributed by atoms with E-state index in [1.807, 2.05) is 34.7 Å². The molecule has 0 spiro atoms. The SMILES string of the molecule is CC[C@H]1OC(=O)[C@H](C)C(=O)[C@H](C)[C@@H](O[C@@H]2O[C@H](C)C[C@H](N(C)C(C)(C)C)[C@H]2O)[C@](C)(OC)C[C@@H](C)C(=O)[C@H](C)[C@@]2(O)NC(=O)O[C@]12C. The molecular weight excluding hydrogens is 612 g/mol. The van der Waals surface area contributed by atoms with Crippen LogP contribution in [0.15, 0.2) is 0 Å². The monoisotopic (exact) mass is 670 g/mol. The minimum atomic E-state index is -2.25. The van der Waals surface area contributed by atoms with Gasteiger partial charge in [-0.3, -0.25) is 24.6 Å². The van der Waals surface area contributed by atoms with Gasteiger partial charge in [0.2, 0.25) is 0 Å². The van der Waals surface area contributed by atoms with E-state index in [0.29, 0.717) is 6.42 Å². The standard InChI is InChI=1S/C34H58N2O11/c1-14-23-33(11)34(42,35-30(41)47-33)21(6)24(37)17(2)16-32(10,43-13)27(19(4)25(38)20(5)28(40)45-23)46-29-26(39)22(15-18(3)44-29)36(12)31(7,8)9/h17-23,26-27,29,39,42H,14-16H2,1-13H3,(H,35,41)/t17-,18-,19+,20-,21+,22+,23-,26-,27-,29+,32-,33-,34+/m1/s1. The van der Waals surface area contributed by atoms with Crippen LogP contribution in [0.25, 0.3) is 0 Å². The van der Waals surface area contributed by atoms with Crippen molar-refractivity contribution < 1.29 is 53.1 Å². The first-order valence-corrected chi connectivity index (χ1v) is 16.8. The molecule has 0 aromatic rings. The molecule has 270 valence electrons. The summed E-state index contributed by atoms with van der Waals surface area (Å²) < 4.78 is 30.1. The number of rotatable bonds is 5. The van der Waals surface area contributed by atoms with Crippen LogP contribution in [0.3, 0.4) is 0 Å². The molecule has 0 bridgehead atoms. The van der Waals surface area contributed by atoms with Crippen LogP contribution in [-0.2, 0) is 38.1 Å². The van der Waals surface area contributed by atoms with Crippen LogP contribution < -0.4 is 5.32 Å². The fraction of sp³-hybridized carbons (Fsp3) is 0.882. The predicted molar refractivity (Wildman–Crippen MR) is 171 cm³/mol. The number of methoxy groups -OCH3 is 1. The summed E-state index contributed by atoms with van der Waals surface area (Å²) in [6.07, 6.45) is -5.14. The fourth-order valence-electron chi connectivity index (χ4n) is 7.53. The Morgan fingerprint density at radius 2 is 1.64 bits per heavy atom. The van der Waals surface area contributed by atoms with E-state index in [0.717, 1.165) is 0 Å². The van der Waals surface area contributed by atoms with Crippen LogP contribution in [0.2, 0.25) is 0 Å². The number of alkyl carbamates (subject to hydrolysis) is 1. The Kier molecular flexibility index (Phi) is 11.7. The number of ketones is 2. The number of likely N-dealkylation sites (N-methyl/N-ethyl adjacent to an activating group) is 1. The van der Waals surface area contributed by atoms with Crippen LogP contribution in [-0.4, -0.2) is 112 Å². The van der Waals surface area contributed by atoms with E-state index in [2.05, 4.69) is 10.2 Å². The van der Waals surface area contributed by atoms with Crippen LogP contribution >= 0.6 is 0 Å². The van der Waals surface area contributed by atoms with Gasteiger partial charge < -0.3 is 33.9 Å². The zero-order valence-corrected chi connectivity index (χ0v) is 30.4. The highest BCUT2D eigenvalue weighted by Gasteiger charge is 2.66. The van der Waals surface area contributed by atoms with Crippen molar-refractivity contribution in [2.24, 2.45) is 23.7 Å². The lowest BCUT2D eigenvalue weighted by molar-refractivity contribution is -0.298. The molecular formula is C34H58N2O11. The second-order valence-electron chi connectivity index (χ2n) is 15.3. The lowest BCUT2D eigenvalue weighted by atomic mass is 9.72. The van der Waals surface area contributed by atoms with Gasteiger partial charge in [-0.05, 0) is 74.8 Å². The van der Waals surface area contributed by atoms with Crippen LogP contribution in [0.4, 0.5) is 4.79 Å². The van der Waals surface area contributed by atoms with Gasteiger partial charge in [-0.2, -0.15) is 0 Å². The third-order valence-corrected chi connectivity index (χ3v) is 11.0. The molecule has 3 saturated heterocycles. The van der Waals surface area contributed by atoms with Gasteiger partial charge in [0.1, 0.15) is 23.9 Å². The third kappa shape index (κ3) is 7.26. The van der Waals surface area contributed by atoms with Crippen LogP contribution in [0, 0.1) is 23.7 Å². The van der Waals surface area contributed by atoms with E-state index >= 15 is 0 Å². The van der Waals surface area contributed by atoms with Crippen molar-refractivity contribution in [3.63, 3.8) is 0 Å². The van der Waals surface area contributed by atoms with Crippen molar-refractivity contribution >= 4 is 23.6 Å². The zero-order valence-electron chi connectivity index (χ0n) is 30.4. The number of ether oxygens (including phenoxy) is 5. The summed E-state index contributed by atoms with van der Waals surface area (Å²) in [6, 6.07) is -0.331. The predicted octanol–water partition coefficient (Wildman–Crippen LogP) is 2.97.